The van der Waals surface area contributed by atoms with Gasteiger partial charge < -0.3 is 4.90 Å². The largest absolute Gasteiger partial charge is 0.325 e. The third-order valence-electron chi connectivity index (χ3n) is 3.94. The van der Waals surface area contributed by atoms with Crippen LogP contribution in [0.2, 0.25) is 0 Å². The lowest BCUT2D eigenvalue weighted by atomic mass is 9.98. The van der Waals surface area contributed by atoms with Gasteiger partial charge >= 0.3 is 0 Å². The number of aromatic amines is 1. The van der Waals surface area contributed by atoms with Gasteiger partial charge in [-0.2, -0.15) is 5.10 Å². The fourth-order valence-corrected chi connectivity index (χ4v) is 4.66. The summed E-state index contributed by atoms with van der Waals surface area (Å²) >= 11 is 3.39. The third kappa shape index (κ3) is 2.51. The summed E-state index contributed by atoms with van der Waals surface area (Å²) in [6, 6.07) is 8.90. The normalized spacial score (nSPS) is 17.0. The molecule has 1 atom stereocenters. The molecule has 1 amide bonds. The molecule has 4 rings (SSSR count). The standard InChI is InChI=1S/C16H13N3O2S2/c20-14-4-3-11(17-18-14)16(21)19-7-5-12-10(6-9-23-12)15(19)13-2-1-8-22-13/h1-4,6,8-9,15H,5,7H2,(H,18,20)/t15-/m1/s1. The summed E-state index contributed by atoms with van der Waals surface area (Å²) in [7, 11) is 0. The summed E-state index contributed by atoms with van der Waals surface area (Å²) in [6.07, 6.45) is 0.851. The molecule has 1 N–H and O–H groups in total. The van der Waals surface area contributed by atoms with E-state index in [1.165, 1.54) is 22.6 Å². The number of hydrogen-bond acceptors (Lipinski definition) is 5. The molecular weight excluding hydrogens is 330 g/mol. The zero-order valence-corrected chi connectivity index (χ0v) is 13.7. The maximum Gasteiger partial charge on any atom is 0.275 e. The monoisotopic (exact) mass is 343 g/mol. The molecule has 0 fully saturated rings. The molecule has 0 bridgehead atoms. The number of rotatable bonds is 2. The van der Waals surface area contributed by atoms with Crippen LogP contribution in [0.3, 0.4) is 0 Å². The molecule has 0 radical (unpaired) electrons. The van der Waals surface area contributed by atoms with Crippen LogP contribution in [-0.2, 0) is 6.42 Å². The minimum Gasteiger partial charge on any atom is -0.325 e. The van der Waals surface area contributed by atoms with Crippen molar-refractivity contribution in [2.24, 2.45) is 0 Å². The first-order chi connectivity index (χ1) is 11.2. The van der Waals surface area contributed by atoms with E-state index in [9.17, 15) is 9.59 Å². The maximum atomic E-state index is 12.9. The Hall–Kier alpha value is -2.25. The zero-order valence-electron chi connectivity index (χ0n) is 12.1. The van der Waals surface area contributed by atoms with Gasteiger partial charge in [-0.1, -0.05) is 6.07 Å². The lowest BCUT2D eigenvalue weighted by molar-refractivity contribution is 0.0691. The van der Waals surface area contributed by atoms with Crippen molar-refractivity contribution in [1.82, 2.24) is 15.1 Å². The fourth-order valence-electron chi connectivity index (χ4n) is 2.90. The van der Waals surface area contributed by atoms with Gasteiger partial charge in [0.15, 0.2) is 0 Å². The van der Waals surface area contributed by atoms with Crippen molar-refractivity contribution >= 4 is 28.6 Å². The molecular formula is C16H13N3O2S2. The van der Waals surface area contributed by atoms with Crippen LogP contribution in [0.1, 0.15) is 31.8 Å². The average Bonchev–Trinajstić information content (AvgIpc) is 3.25. The number of carbonyl (C=O) groups excluding carboxylic acids is 1. The van der Waals surface area contributed by atoms with Gasteiger partial charge in [-0.15, -0.1) is 22.7 Å². The fraction of sp³-hybridized carbons (Fsp3) is 0.188. The highest BCUT2D eigenvalue weighted by molar-refractivity contribution is 7.10. The minimum absolute atomic E-state index is 0.0776. The smallest absolute Gasteiger partial charge is 0.275 e. The number of carbonyl (C=O) groups is 1. The van der Waals surface area contributed by atoms with Crippen LogP contribution in [0.4, 0.5) is 0 Å². The van der Waals surface area contributed by atoms with E-state index in [4.69, 9.17) is 0 Å². The Bertz CT molecular complexity index is 878. The second-order valence-corrected chi connectivity index (χ2v) is 7.25. The van der Waals surface area contributed by atoms with Crippen LogP contribution >= 0.6 is 22.7 Å². The predicted molar refractivity (Wildman–Crippen MR) is 90.1 cm³/mol. The third-order valence-corrected chi connectivity index (χ3v) is 5.86. The molecule has 3 aromatic heterocycles. The van der Waals surface area contributed by atoms with E-state index in [2.05, 4.69) is 27.7 Å². The van der Waals surface area contributed by atoms with Gasteiger partial charge in [0.25, 0.3) is 11.5 Å². The number of nitrogens with zero attached hydrogens (tertiary/aromatic N) is 2. The van der Waals surface area contributed by atoms with Crippen LogP contribution < -0.4 is 5.56 Å². The van der Waals surface area contributed by atoms with E-state index < -0.39 is 0 Å². The van der Waals surface area contributed by atoms with E-state index in [1.54, 1.807) is 22.7 Å². The quantitative estimate of drug-likeness (QED) is 0.778. The number of fused-ring (bicyclic) bond motifs is 1. The van der Waals surface area contributed by atoms with Gasteiger partial charge in [0.1, 0.15) is 5.69 Å². The summed E-state index contributed by atoms with van der Waals surface area (Å²) in [5.74, 6) is -0.156. The van der Waals surface area contributed by atoms with Gasteiger partial charge in [-0.05, 0) is 40.9 Å². The highest BCUT2D eigenvalue weighted by Crippen LogP contribution is 2.39. The van der Waals surface area contributed by atoms with Crippen molar-refractivity contribution in [3.05, 3.63) is 72.5 Å². The van der Waals surface area contributed by atoms with Crippen molar-refractivity contribution in [2.45, 2.75) is 12.5 Å². The Morgan fingerprint density at radius 1 is 1.22 bits per heavy atom. The van der Waals surface area contributed by atoms with Gasteiger partial charge in [-0.3, -0.25) is 9.59 Å². The Kier molecular flexibility index (Phi) is 3.59. The van der Waals surface area contributed by atoms with E-state index >= 15 is 0 Å². The Labute approximate surface area is 140 Å². The lowest BCUT2D eigenvalue weighted by Gasteiger charge is -2.35. The first-order valence-electron chi connectivity index (χ1n) is 7.20. The summed E-state index contributed by atoms with van der Waals surface area (Å²) in [5.41, 5.74) is 1.15. The minimum atomic E-state index is -0.310. The van der Waals surface area contributed by atoms with Crippen molar-refractivity contribution in [3.8, 4) is 0 Å². The van der Waals surface area contributed by atoms with Crippen molar-refractivity contribution in [3.63, 3.8) is 0 Å². The SMILES string of the molecule is O=C(c1ccc(=O)[nH]n1)N1CCc2sccc2[C@@H]1c1cccs1. The molecule has 1 aliphatic heterocycles. The molecule has 0 saturated carbocycles. The number of thiophene rings is 2. The predicted octanol–water partition coefficient (Wildman–Crippen LogP) is 2.68. The van der Waals surface area contributed by atoms with Crippen LogP contribution in [-0.4, -0.2) is 27.5 Å². The Morgan fingerprint density at radius 2 is 2.13 bits per heavy atom. The van der Waals surface area contributed by atoms with Crippen LogP contribution in [0.5, 0.6) is 0 Å². The second kappa shape index (κ2) is 5.75. The molecule has 116 valence electrons. The molecule has 0 spiro atoms. The molecule has 0 aliphatic carbocycles. The highest BCUT2D eigenvalue weighted by atomic mass is 32.1. The van der Waals surface area contributed by atoms with E-state index in [0.29, 0.717) is 6.54 Å². The molecule has 7 heteroatoms. The van der Waals surface area contributed by atoms with Crippen LogP contribution in [0.25, 0.3) is 0 Å². The number of amides is 1. The molecule has 23 heavy (non-hydrogen) atoms. The van der Waals surface area contributed by atoms with E-state index in [0.717, 1.165) is 11.3 Å². The Balaban J connectivity index is 1.76. The van der Waals surface area contributed by atoms with Gasteiger partial charge in [0.2, 0.25) is 0 Å². The number of H-pyrrole nitrogens is 1. The van der Waals surface area contributed by atoms with Gasteiger partial charge in [-0.25, -0.2) is 5.10 Å². The molecule has 0 unspecified atom stereocenters. The van der Waals surface area contributed by atoms with Crippen molar-refractivity contribution in [2.75, 3.05) is 6.54 Å². The van der Waals surface area contributed by atoms with E-state index in [-0.39, 0.29) is 23.2 Å². The molecule has 0 aromatic carbocycles. The first kappa shape index (κ1) is 14.3. The summed E-state index contributed by atoms with van der Waals surface area (Å²) in [5, 5.41) is 10.3. The molecule has 1 aliphatic rings. The lowest BCUT2D eigenvalue weighted by Crippen LogP contribution is -2.40. The number of hydrogen-bond donors (Lipinski definition) is 1. The van der Waals surface area contributed by atoms with Crippen molar-refractivity contribution in [1.29, 1.82) is 0 Å². The van der Waals surface area contributed by atoms with Crippen molar-refractivity contribution < 1.29 is 4.79 Å². The van der Waals surface area contributed by atoms with E-state index in [1.807, 2.05) is 16.3 Å². The van der Waals surface area contributed by atoms with Crippen LogP contribution in [0, 0.1) is 0 Å². The van der Waals surface area contributed by atoms with Gasteiger partial charge in [0, 0.05) is 22.4 Å². The molecule has 0 saturated heterocycles. The average molecular weight is 343 g/mol. The first-order valence-corrected chi connectivity index (χ1v) is 8.96. The maximum absolute atomic E-state index is 12.9. The van der Waals surface area contributed by atoms with Crippen LogP contribution in [0.15, 0.2) is 45.9 Å². The molecule has 3 aromatic rings. The zero-order chi connectivity index (χ0) is 15.8. The number of aromatic nitrogens is 2. The molecule has 5 nitrogen and oxygen atoms in total. The second-order valence-electron chi connectivity index (χ2n) is 5.27. The Morgan fingerprint density at radius 3 is 2.87 bits per heavy atom. The summed E-state index contributed by atoms with van der Waals surface area (Å²) < 4.78 is 0. The topological polar surface area (TPSA) is 66.1 Å². The summed E-state index contributed by atoms with van der Waals surface area (Å²) in [4.78, 5) is 28.4. The molecule has 4 heterocycles. The van der Waals surface area contributed by atoms with Gasteiger partial charge in [0.05, 0.1) is 6.04 Å². The number of nitrogens with one attached hydrogen (secondary N) is 1. The summed E-state index contributed by atoms with van der Waals surface area (Å²) in [6.45, 7) is 0.649. The highest BCUT2D eigenvalue weighted by Gasteiger charge is 2.34.